The number of aromatic amines is 1. The van der Waals surface area contributed by atoms with Gasteiger partial charge in [-0.15, -0.1) is 0 Å². The van der Waals surface area contributed by atoms with E-state index in [9.17, 15) is 9.00 Å². The lowest BCUT2D eigenvalue weighted by molar-refractivity contribution is 0.0766. The van der Waals surface area contributed by atoms with Crippen LogP contribution in [0.2, 0.25) is 0 Å². The van der Waals surface area contributed by atoms with Crippen LogP contribution in [0.3, 0.4) is 0 Å². The van der Waals surface area contributed by atoms with Crippen molar-refractivity contribution in [3.63, 3.8) is 0 Å². The maximum absolute atomic E-state index is 12.0. The summed E-state index contributed by atoms with van der Waals surface area (Å²) in [5, 5.41) is 6.58. The third-order valence-electron chi connectivity index (χ3n) is 2.66. The topological polar surface area (TPSA) is 92.1 Å². The number of nitrogens with zero attached hydrogens (tertiary/aromatic N) is 2. The molecule has 6 nitrogen and oxygen atoms in total. The molecule has 3 N–H and O–H groups in total. The third-order valence-corrected chi connectivity index (χ3v) is 3.94. The van der Waals surface area contributed by atoms with Crippen LogP contribution in [0.1, 0.15) is 16.2 Å². The summed E-state index contributed by atoms with van der Waals surface area (Å²) in [5.74, 6) is 0.892. The lowest BCUT2D eigenvalue weighted by atomic mass is 10.2. The minimum Gasteiger partial charge on any atom is -0.395 e. The molecule has 1 amide bonds. The number of aryl methyl sites for hydroxylation is 1. The zero-order valence-corrected chi connectivity index (χ0v) is 9.84. The standard InChI is InChI=1S/C9H14N4O2S/c1-6-7(10)8(12-11-6)9(14)13-2-4-16(15)5-3-13/h2-5,10H2,1H3,(H,11,12). The molecule has 0 saturated carbocycles. The highest BCUT2D eigenvalue weighted by Crippen LogP contribution is 2.15. The maximum atomic E-state index is 12.0. The van der Waals surface area contributed by atoms with Crippen molar-refractivity contribution < 1.29 is 9.00 Å². The summed E-state index contributed by atoms with van der Waals surface area (Å²) >= 11 is 0. The van der Waals surface area contributed by atoms with Gasteiger partial charge in [0.25, 0.3) is 5.91 Å². The number of aromatic nitrogens is 2. The van der Waals surface area contributed by atoms with E-state index in [2.05, 4.69) is 10.2 Å². The minimum atomic E-state index is -0.787. The highest BCUT2D eigenvalue weighted by atomic mass is 32.2. The van der Waals surface area contributed by atoms with Crippen molar-refractivity contribution in [1.82, 2.24) is 15.1 Å². The molecule has 0 aliphatic carbocycles. The monoisotopic (exact) mass is 242 g/mol. The van der Waals surface area contributed by atoms with Crippen molar-refractivity contribution >= 4 is 22.4 Å². The summed E-state index contributed by atoms with van der Waals surface area (Å²) in [5.41, 5.74) is 7.10. The molecule has 1 aliphatic rings. The largest absolute Gasteiger partial charge is 0.395 e. The van der Waals surface area contributed by atoms with E-state index in [1.807, 2.05) is 0 Å². The first-order valence-electron chi connectivity index (χ1n) is 5.04. The lowest BCUT2D eigenvalue weighted by Gasteiger charge is -2.25. The van der Waals surface area contributed by atoms with E-state index in [1.165, 1.54) is 0 Å². The van der Waals surface area contributed by atoms with Crippen LogP contribution >= 0.6 is 0 Å². The first-order valence-corrected chi connectivity index (χ1v) is 6.53. The first kappa shape index (κ1) is 11.1. The van der Waals surface area contributed by atoms with Gasteiger partial charge in [-0.05, 0) is 6.92 Å². The number of H-pyrrole nitrogens is 1. The zero-order chi connectivity index (χ0) is 11.7. The van der Waals surface area contributed by atoms with E-state index in [1.54, 1.807) is 11.8 Å². The highest BCUT2D eigenvalue weighted by molar-refractivity contribution is 7.85. The Morgan fingerprint density at radius 3 is 2.62 bits per heavy atom. The fourth-order valence-electron chi connectivity index (χ4n) is 1.59. The molecule has 0 spiro atoms. The number of nitrogens with one attached hydrogen (secondary N) is 1. The lowest BCUT2D eigenvalue weighted by Crippen LogP contribution is -2.42. The Morgan fingerprint density at radius 1 is 1.50 bits per heavy atom. The molecule has 1 aromatic heterocycles. The Kier molecular flexibility index (Phi) is 2.95. The van der Waals surface area contributed by atoms with E-state index in [-0.39, 0.29) is 11.6 Å². The van der Waals surface area contributed by atoms with Crippen molar-refractivity contribution in [1.29, 1.82) is 0 Å². The molecule has 7 heteroatoms. The Morgan fingerprint density at radius 2 is 2.12 bits per heavy atom. The predicted octanol–water partition coefficient (Wildman–Crippen LogP) is -0.495. The summed E-state index contributed by atoms with van der Waals surface area (Å²) in [6.45, 7) is 2.79. The van der Waals surface area contributed by atoms with Gasteiger partial charge < -0.3 is 10.6 Å². The Balaban J connectivity index is 2.13. The van der Waals surface area contributed by atoms with Crippen molar-refractivity contribution in [2.45, 2.75) is 6.92 Å². The zero-order valence-electron chi connectivity index (χ0n) is 9.02. The maximum Gasteiger partial charge on any atom is 0.276 e. The molecule has 2 rings (SSSR count). The highest BCUT2D eigenvalue weighted by Gasteiger charge is 2.25. The quantitative estimate of drug-likeness (QED) is 0.694. The number of hydrogen-bond donors (Lipinski definition) is 2. The second-order valence-electron chi connectivity index (χ2n) is 3.75. The van der Waals surface area contributed by atoms with E-state index in [4.69, 9.17) is 5.73 Å². The number of carbonyl (C=O) groups excluding carboxylic acids is 1. The van der Waals surface area contributed by atoms with Crippen LogP contribution in [0.15, 0.2) is 0 Å². The number of hydrogen-bond acceptors (Lipinski definition) is 4. The molecular formula is C9H14N4O2S. The second kappa shape index (κ2) is 4.25. The fourth-order valence-corrected chi connectivity index (χ4v) is 2.64. The molecule has 1 saturated heterocycles. The van der Waals surface area contributed by atoms with Crippen molar-refractivity contribution in [3.8, 4) is 0 Å². The van der Waals surface area contributed by atoms with Crippen LogP contribution in [0.5, 0.6) is 0 Å². The van der Waals surface area contributed by atoms with Crippen molar-refractivity contribution in [2.75, 3.05) is 30.3 Å². The third kappa shape index (κ3) is 1.95. The van der Waals surface area contributed by atoms with Gasteiger partial charge in [0.1, 0.15) is 0 Å². The van der Waals surface area contributed by atoms with Gasteiger partial charge in [-0.25, -0.2) is 0 Å². The molecule has 16 heavy (non-hydrogen) atoms. The molecule has 2 heterocycles. The average molecular weight is 242 g/mol. The van der Waals surface area contributed by atoms with E-state index in [0.717, 1.165) is 0 Å². The van der Waals surface area contributed by atoms with Crippen LogP contribution in [0.25, 0.3) is 0 Å². The van der Waals surface area contributed by atoms with Gasteiger partial charge in [-0.3, -0.25) is 14.1 Å². The number of amides is 1. The minimum absolute atomic E-state index is 0.182. The second-order valence-corrected chi connectivity index (χ2v) is 5.45. The Labute approximate surface area is 95.6 Å². The fraction of sp³-hybridized carbons (Fsp3) is 0.556. The van der Waals surface area contributed by atoms with Crippen molar-refractivity contribution in [2.24, 2.45) is 0 Å². The van der Waals surface area contributed by atoms with Crippen LogP contribution in [-0.2, 0) is 10.8 Å². The van der Waals surface area contributed by atoms with E-state index >= 15 is 0 Å². The molecule has 0 aromatic carbocycles. The first-order chi connectivity index (χ1) is 7.59. The molecular weight excluding hydrogens is 228 g/mol. The van der Waals surface area contributed by atoms with E-state index < -0.39 is 10.8 Å². The molecule has 1 aliphatic heterocycles. The smallest absolute Gasteiger partial charge is 0.276 e. The molecule has 88 valence electrons. The molecule has 0 radical (unpaired) electrons. The molecule has 1 aromatic rings. The molecule has 0 bridgehead atoms. The van der Waals surface area contributed by atoms with Crippen LogP contribution in [-0.4, -0.2) is 49.8 Å². The number of nitrogen functional groups attached to an aromatic ring is 1. The SMILES string of the molecule is Cc1[nH]nc(C(=O)N2CCS(=O)CC2)c1N. The van der Waals surface area contributed by atoms with Gasteiger partial charge in [0, 0.05) is 35.4 Å². The Bertz CT molecular complexity index is 433. The number of rotatable bonds is 1. The normalized spacial score (nSPS) is 17.7. The number of anilines is 1. The molecule has 0 unspecified atom stereocenters. The van der Waals surface area contributed by atoms with Crippen LogP contribution in [0, 0.1) is 6.92 Å². The molecule has 1 fully saturated rings. The van der Waals surface area contributed by atoms with E-state index in [0.29, 0.717) is 36.0 Å². The van der Waals surface area contributed by atoms with Crippen molar-refractivity contribution in [3.05, 3.63) is 11.4 Å². The molecule has 0 atom stereocenters. The summed E-state index contributed by atoms with van der Waals surface area (Å²) < 4.78 is 11.2. The van der Waals surface area contributed by atoms with Gasteiger partial charge in [0.2, 0.25) is 0 Å². The number of nitrogens with two attached hydrogens (primary N) is 1. The summed E-state index contributed by atoms with van der Waals surface area (Å²) in [7, 11) is -0.787. The summed E-state index contributed by atoms with van der Waals surface area (Å²) in [4.78, 5) is 13.7. The van der Waals surface area contributed by atoms with Crippen LogP contribution < -0.4 is 5.73 Å². The van der Waals surface area contributed by atoms with Gasteiger partial charge in [0.05, 0.1) is 11.4 Å². The van der Waals surface area contributed by atoms with Crippen LogP contribution in [0.4, 0.5) is 5.69 Å². The number of carbonyl (C=O) groups is 1. The summed E-state index contributed by atoms with van der Waals surface area (Å²) in [6, 6.07) is 0. The Hall–Kier alpha value is -1.37. The van der Waals surface area contributed by atoms with Gasteiger partial charge in [-0.1, -0.05) is 0 Å². The van der Waals surface area contributed by atoms with Gasteiger partial charge >= 0.3 is 0 Å². The summed E-state index contributed by atoms with van der Waals surface area (Å²) in [6.07, 6.45) is 0. The average Bonchev–Trinajstić information content (AvgIpc) is 2.60. The predicted molar refractivity (Wildman–Crippen MR) is 61.5 cm³/mol. The van der Waals surface area contributed by atoms with Gasteiger partial charge in [0.15, 0.2) is 5.69 Å². The van der Waals surface area contributed by atoms with Gasteiger partial charge in [-0.2, -0.15) is 5.10 Å².